The van der Waals surface area contributed by atoms with E-state index in [1.54, 1.807) is 70.6 Å². The van der Waals surface area contributed by atoms with Crippen LogP contribution in [0.4, 0.5) is 0 Å². The Kier molecular flexibility index (Phi) is 9.11. The lowest BCUT2D eigenvalue weighted by molar-refractivity contribution is -0.139. The summed E-state index contributed by atoms with van der Waals surface area (Å²) in [6.07, 6.45) is 3.38. The van der Waals surface area contributed by atoms with Crippen molar-refractivity contribution < 1.29 is 28.5 Å². The summed E-state index contributed by atoms with van der Waals surface area (Å²) in [6.45, 7) is 9.93. The fourth-order valence-electron chi connectivity index (χ4n) is 4.43. The SMILES string of the molecule is C=CCOc1ccc([C@@H]2C(C(=O)OCC)=C(C)N=c3s/c(=C\c4cc(OC)ccc4OC)c(=O)n32)cc1OCC. The topological polar surface area (TPSA) is 97.6 Å². The third kappa shape index (κ3) is 5.67. The number of ether oxygens (including phenoxy) is 5. The van der Waals surface area contributed by atoms with Gasteiger partial charge in [-0.1, -0.05) is 30.1 Å². The number of rotatable bonds is 11. The summed E-state index contributed by atoms with van der Waals surface area (Å²) in [5.74, 6) is 1.69. The third-order valence-electron chi connectivity index (χ3n) is 6.18. The summed E-state index contributed by atoms with van der Waals surface area (Å²) in [7, 11) is 3.14. The first kappa shape index (κ1) is 28.7. The number of hydrogen-bond acceptors (Lipinski definition) is 9. The Bertz CT molecular complexity index is 1630. The zero-order valence-electron chi connectivity index (χ0n) is 23.2. The molecule has 0 saturated heterocycles. The smallest absolute Gasteiger partial charge is 0.338 e. The highest BCUT2D eigenvalue weighted by Gasteiger charge is 2.34. The van der Waals surface area contributed by atoms with E-state index in [9.17, 15) is 9.59 Å². The summed E-state index contributed by atoms with van der Waals surface area (Å²) >= 11 is 1.23. The quantitative estimate of drug-likeness (QED) is 0.258. The van der Waals surface area contributed by atoms with Crippen molar-refractivity contribution in [1.82, 2.24) is 4.57 Å². The lowest BCUT2D eigenvalue weighted by Gasteiger charge is -2.25. The van der Waals surface area contributed by atoms with E-state index in [0.717, 1.165) is 0 Å². The molecule has 0 spiro atoms. The molecule has 210 valence electrons. The highest BCUT2D eigenvalue weighted by molar-refractivity contribution is 7.07. The standard InChI is InChI=1S/C30H32N2O7S/c1-7-14-39-23-12-10-19(16-24(23)37-8-2)27-26(29(34)38-9-3)18(4)31-30-32(27)28(33)25(40-30)17-20-15-21(35-5)11-13-22(20)36-6/h7,10-13,15-17,27H,1,8-9,14H2,2-6H3/b25-17-/t27-/m1/s1. The van der Waals surface area contributed by atoms with Crippen molar-refractivity contribution in [2.45, 2.75) is 26.8 Å². The summed E-state index contributed by atoms with van der Waals surface area (Å²) in [4.78, 5) is 32.3. The van der Waals surface area contributed by atoms with E-state index in [0.29, 0.717) is 62.4 Å². The Morgan fingerprint density at radius 3 is 2.50 bits per heavy atom. The lowest BCUT2D eigenvalue weighted by Crippen LogP contribution is -2.40. The average molecular weight is 565 g/mol. The maximum atomic E-state index is 14.0. The molecule has 9 nitrogen and oxygen atoms in total. The molecular formula is C30H32N2O7S. The molecule has 0 N–H and O–H groups in total. The fraction of sp³-hybridized carbons (Fsp3) is 0.300. The maximum Gasteiger partial charge on any atom is 0.338 e. The van der Waals surface area contributed by atoms with Crippen molar-refractivity contribution >= 4 is 23.4 Å². The summed E-state index contributed by atoms with van der Waals surface area (Å²) in [5.41, 5.74) is 1.77. The molecule has 2 aromatic carbocycles. The Morgan fingerprint density at radius 1 is 1.05 bits per heavy atom. The molecule has 40 heavy (non-hydrogen) atoms. The van der Waals surface area contributed by atoms with E-state index in [1.165, 1.54) is 15.9 Å². The number of thiazole rings is 1. The fourth-order valence-corrected chi connectivity index (χ4v) is 5.47. The van der Waals surface area contributed by atoms with Gasteiger partial charge < -0.3 is 23.7 Å². The van der Waals surface area contributed by atoms with E-state index in [-0.39, 0.29) is 17.7 Å². The highest BCUT2D eigenvalue weighted by atomic mass is 32.1. The van der Waals surface area contributed by atoms with Gasteiger partial charge in [0.05, 0.1) is 49.3 Å². The molecule has 3 aromatic rings. The van der Waals surface area contributed by atoms with Crippen molar-refractivity contribution in [2.24, 2.45) is 4.99 Å². The Balaban J connectivity index is 1.96. The third-order valence-corrected chi connectivity index (χ3v) is 7.16. The maximum absolute atomic E-state index is 14.0. The summed E-state index contributed by atoms with van der Waals surface area (Å²) < 4.78 is 29.8. The minimum Gasteiger partial charge on any atom is -0.497 e. The molecule has 0 amide bonds. The largest absolute Gasteiger partial charge is 0.497 e. The van der Waals surface area contributed by atoms with E-state index in [2.05, 4.69) is 11.6 Å². The molecule has 0 unspecified atom stereocenters. The van der Waals surface area contributed by atoms with Crippen molar-refractivity contribution in [3.63, 3.8) is 0 Å². The Morgan fingerprint density at radius 2 is 1.82 bits per heavy atom. The number of fused-ring (bicyclic) bond motifs is 1. The zero-order valence-corrected chi connectivity index (χ0v) is 24.0. The van der Waals surface area contributed by atoms with Gasteiger partial charge in [0.2, 0.25) is 0 Å². The van der Waals surface area contributed by atoms with Crippen molar-refractivity contribution in [1.29, 1.82) is 0 Å². The molecule has 4 rings (SSSR count). The van der Waals surface area contributed by atoms with Gasteiger partial charge in [0.25, 0.3) is 5.56 Å². The van der Waals surface area contributed by atoms with Gasteiger partial charge in [-0.25, -0.2) is 9.79 Å². The van der Waals surface area contributed by atoms with Gasteiger partial charge in [-0.15, -0.1) is 0 Å². The van der Waals surface area contributed by atoms with Crippen LogP contribution in [0.25, 0.3) is 6.08 Å². The summed E-state index contributed by atoms with van der Waals surface area (Å²) in [6, 6.07) is 9.92. The van der Waals surface area contributed by atoms with Crippen molar-refractivity contribution in [3.05, 3.63) is 91.1 Å². The molecule has 0 fully saturated rings. The van der Waals surface area contributed by atoms with Gasteiger partial charge in [0.1, 0.15) is 18.1 Å². The molecule has 0 aliphatic carbocycles. The molecular weight excluding hydrogens is 532 g/mol. The second kappa shape index (κ2) is 12.7. The molecule has 1 aromatic heterocycles. The van der Waals surface area contributed by atoms with Crippen LogP contribution >= 0.6 is 11.3 Å². The number of hydrogen-bond donors (Lipinski definition) is 0. The van der Waals surface area contributed by atoms with Crippen LogP contribution in [0.5, 0.6) is 23.0 Å². The van der Waals surface area contributed by atoms with Crippen molar-refractivity contribution in [3.8, 4) is 23.0 Å². The monoisotopic (exact) mass is 564 g/mol. The number of carbonyl (C=O) groups excluding carboxylic acids is 1. The van der Waals surface area contributed by atoms with Crippen LogP contribution in [0.1, 0.15) is 37.9 Å². The van der Waals surface area contributed by atoms with Gasteiger partial charge in [-0.3, -0.25) is 9.36 Å². The van der Waals surface area contributed by atoms with E-state index in [1.807, 2.05) is 13.0 Å². The zero-order chi connectivity index (χ0) is 28.8. The second-order valence-electron chi connectivity index (χ2n) is 8.65. The van der Waals surface area contributed by atoms with Crippen molar-refractivity contribution in [2.75, 3.05) is 34.0 Å². The normalized spacial score (nSPS) is 14.7. The first-order chi connectivity index (χ1) is 19.4. The van der Waals surface area contributed by atoms with Crippen LogP contribution in [-0.2, 0) is 9.53 Å². The predicted molar refractivity (Wildman–Crippen MR) is 153 cm³/mol. The van der Waals surface area contributed by atoms with Crippen LogP contribution < -0.4 is 33.8 Å². The number of methoxy groups -OCH3 is 2. The Labute approximate surface area is 236 Å². The average Bonchev–Trinajstić information content (AvgIpc) is 3.25. The first-order valence-electron chi connectivity index (χ1n) is 12.8. The molecule has 0 saturated carbocycles. The second-order valence-corrected chi connectivity index (χ2v) is 9.66. The molecule has 2 heterocycles. The molecule has 1 atom stereocenters. The van der Waals surface area contributed by atoms with Crippen LogP contribution in [-0.4, -0.2) is 44.6 Å². The lowest BCUT2D eigenvalue weighted by atomic mass is 9.95. The van der Waals surface area contributed by atoms with Crippen LogP contribution in [0, 0.1) is 0 Å². The summed E-state index contributed by atoms with van der Waals surface area (Å²) in [5, 5.41) is 0. The highest BCUT2D eigenvalue weighted by Crippen LogP contribution is 2.36. The van der Waals surface area contributed by atoms with E-state index < -0.39 is 12.0 Å². The first-order valence-corrected chi connectivity index (χ1v) is 13.6. The van der Waals surface area contributed by atoms with Gasteiger partial charge in [-0.2, -0.15) is 0 Å². The molecule has 10 heteroatoms. The number of allylic oxidation sites excluding steroid dienone is 1. The number of carbonyl (C=O) groups is 1. The van der Waals surface area contributed by atoms with E-state index >= 15 is 0 Å². The van der Waals surface area contributed by atoms with Crippen LogP contribution in [0.2, 0.25) is 0 Å². The predicted octanol–water partition coefficient (Wildman–Crippen LogP) is 3.78. The molecule has 0 bridgehead atoms. The minimum atomic E-state index is -0.794. The van der Waals surface area contributed by atoms with E-state index in [4.69, 9.17) is 23.7 Å². The van der Waals surface area contributed by atoms with Crippen LogP contribution in [0.15, 0.2) is 70.1 Å². The molecule has 0 radical (unpaired) electrons. The number of aromatic nitrogens is 1. The van der Waals surface area contributed by atoms with Gasteiger partial charge in [0, 0.05) is 5.56 Å². The van der Waals surface area contributed by atoms with Gasteiger partial charge in [0.15, 0.2) is 16.3 Å². The van der Waals surface area contributed by atoms with Gasteiger partial charge >= 0.3 is 5.97 Å². The number of benzene rings is 2. The number of esters is 1. The minimum absolute atomic E-state index is 0.181. The number of nitrogens with zero attached hydrogens (tertiary/aromatic N) is 2. The Hall–Kier alpha value is -4.31. The van der Waals surface area contributed by atoms with Gasteiger partial charge in [-0.05, 0) is 62.7 Å². The molecule has 1 aliphatic heterocycles. The molecule has 1 aliphatic rings. The van der Waals surface area contributed by atoms with Crippen LogP contribution in [0.3, 0.4) is 0 Å².